The van der Waals surface area contributed by atoms with Crippen LogP contribution in [0.4, 0.5) is 11.4 Å². The summed E-state index contributed by atoms with van der Waals surface area (Å²) in [7, 11) is 0. The van der Waals surface area contributed by atoms with Gasteiger partial charge in [-0.15, -0.1) is 11.3 Å². The van der Waals surface area contributed by atoms with E-state index in [0.717, 1.165) is 42.7 Å². The van der Waals surface area contributed by atoms with Gasteiger partial charge in [-0.3, -0.25) is 10.1 Å². The standard InChI is InChI=1S/C23H22Cl2N4O2S/c24-16-12-13-19(25)18(14-16)22-15-32-23(26-20-10-6-7-11-21(20)29(30)31)28(22)27-17-8-4-2-1-3-5-9-17/h6-7,10-15H,1-5,8-9H2. The zero-order chi connectivity index (χ0) is 22.5. The molecule has 166 valence electrons. The van der Waals surface area contributed by atoms with Crippen LogP contribution in [-0.2, 0) is 0 Å². The summed E-state index contributed by atoms with van der Waals surface area (Å²) in [6.45, 7) is 0. The molecule has 4 rings (SSSR count). The number of thiazole rings is 1. The summed E-state index contributed by atoms with van der Waals surface area (Å²) in [5.41, 5.74) is 2.85. The van der Waals surface area contributed by atoms with E-state index in [9.17, 15) is 10.1 Å². The second-order valence-electron chi connectivity index (χ2n) is 7.63. The number of nitro groups is 1. The van der Waals surface area contributed by atoms with E-state index in [4.69, 9.17) is 28.3 Å². The minimum absolute atomic E-state index is 0.0478. The predicted molar refractivity (Wildman–Crippen MR) is 131 cm³/mol. The van der Waals surface area contributed by atoms with E-state index >= 15 is 0 Å². The summed E-state index contributed by atoms with van der Waals surface area (Å²) in [6, 6.07) is 11.7. The van der Waals surface area contributed by atoms with Crippen LogP contribution in [0.25, 0.3) is 11.3 Å². The zero-order valence-electron chi connectivity index (χ0n) is 17.3. The van der Waals surface area contributed by atoms with Gasteiger partial charge in [0.1, 0.15) is 5.69 Å². The molecular weight excluding hydrogens is 467 g/mol. The third kappa shape index (κ3) is 5.28. The fourth-order valence-corrected chi connectivity index (χ4v) is 4.94. The topological polar surface area (TPSA) is 72.8 Å². The molecule has 1 aliphatic carbocycles. The maximum atomic E-state index is 11.5. The highest BCUT2D eigenvalue weighted by Gasteiger charge is 2.16. The molecule has 0 saturated heterocycles. The fourth-order valence-electron chi connectivity index (χ4n) is 3.72. The highest BCUT2D eigenvalue weighted by Crippen LogP contribution is 2.32. The second kappa shape index (κ2) is 10.4. The van der Waals surface area contributed by atoms with Gasteiger partial charge < -0.3 is 0 Å². The number of nitro benzene ring substituents is 1. The molecule has 9 heteroatoms. The average Bonchev–Trinajstić information content (AvgIpc) is 3.13. The van der Waals surface area contributed by atoms with Crippen molar-refractivity contribution in [2.45, 2.75) is 44.9 Å². The zero-order valence-corrected chi connectivity index (χ0v) is 19.7. The molecule has 0 spiro atoms. The molecule has 0 bridgehead atoms. The third-order valence-electron chi connectivity index (χ3n) is 5.36. The van der Waals surface area contributed by atoms with Crippen molar-refractivity contribution < 1.29 is 4.92 Å². The molecule has 1 heterocycles. The maximum Gasteiger partial charge on any atom is 0.294 e. The Morgan fingerprint density at radius 1 is 1.00 bits per heavy atom. The van der Waals surface area contributed by atoms with Crippen molar-refractivity contribution in [2.24, 2.45) is 10.1 Å². The van der Waals surface area contributed by atoms with Crippen molar-refractivity contribution in [3.63, 3.8) is 0 Å². The van der Waals surface area contributed by atoms with Crippen molar-refractivity contribution in [1.29, 1.82) is 0 Å². The molecule has 1 aromatic heterocycles. The Hall–Kier alpha value is -2.48. The van der Waals surface area contributed by atoms with Crippen molar-refractivity contribution in [3.8, 4) is 11.3 Å². The normalized spacial score (nSPS) is 15.3. The van der Waals surface area contributed by atoms with Crippen LogP contribution in [0.2, 0.25) is 10.0 Å². The monoisotopic (exact) mass is 488 g/mol. The Morgan fingerprint density at radius 2 is 1.72 bits per heavy atom. The van der Waals surface area contributed by atoms with E-state index in [1.165, 1.54) is 36.7 Å². The first-order valence-corrected chi connectivity index (χ1v) is 12.2. The Kier molecular flexibility index (Phi) is 7.40. The first-order chi connectivity index (χ1) is 15.5. The summed E-state index contributed by atoms with van der Waals surface area (Å²) in [4.78, 5) is 16.2. The van der Waals surface area contributed by atoms with Crippen molar-refractivity contribution in [2.75, 3.05) is 0 Å². The Labute approximate surface area is 200 Å². The first-order valence-electron chi connectivity index (χ1n) is 10.5. The summed E-state index contributed by atoms with van der Waals surface area (Å²) >= 11 is 14.1. The average molecular weight is 489 g/mol. The molecule has 0 aliphatic heterocycles. The summed E-state index contributed by atoms with van der Waals surface area (Å²) in [6.07, 6.45) is 7.73. The maximum absolute atomic E-state index is 11.5. The molecule has 0 radical (unpaired) electrons. The number of benzene rings is 2. The number of hydrogen-bond donors (Lipinski definition) is 0. The summed E-state index contributed by atoms with van der Waals surface area (Å²) in [5.74, 6) is 0. The van der Waals surface area contributed by atoms with Gasteiger partial charge in [0, 0.05) is 27.7 Å². The number of para-hydroxylation sites is 2. The molecule has 2 aromatic carbocycles. The van der Waals surface area contributed by atoms with E-state index in [2.05, 4.69) is 4.99 Å². The van der Waals surface area contributed by atoms with Gasteiger partial charge in [0.2, 0.25) is 4.80 Å². The number of rotatable bonds is 4. The molecule has 1 saturated carbocycles. The van der Waals surface area contributed by atoms with E-state index < -0.39 is 4.92 Å². The van der Waals surface area contributed by atoms with Crippen molar-refractivity contribution in [1.82, 2.24) is 4.68 Å². The lowest BCUT2D eigenvalue weighted by Crippen LogP contribution is -2.15. The van der Waals surface area contributed by atoms with Crippen LogP contribution in [0.5, 0.6) is 0 Å². The van der Waals surface area contributed by atoms with Crippen LogP contribution >= 0.6 is 34.5 Å². The van der Waals surface area contributed by atoms with Crippen LogP contribution in [0.15, 0.2) is 57.9 Å². The minimum atomic E-state index is -0.424. The van der Waals surface area contributed by atoms with Crippen molar-refractivity contribution in [3.05, 3.63) is 72.8 Å². The molecule has 6 nitrogen and oxygen atoms in total. The van der Waals surface area contributed by atoms with E-state index in [1.54, 1.807) is 41.1 Å². The number of nitrogens with zero attached hydrogens (tertiary/aromatic N) is 4. The highest BCUT2D eigenvalue weighted by molar-refractivity contribution is 7.07. The lowest BCUT2D eigenvalue weighted by atomic mass is 9.99. The van der Waals surface area contributed by atoms with Crippen LogP contribution in [0.1, 0.15) is 44.9 Å². The SMILES string of the molecule is O=[N+]([O-])c1ccccc1N=c1scc(-c2cc(Cl)ccc2Cl)n1N=C1CCCCCCC1. The van der Waals surface area contributed by atoms with Gasteiger partial charge in [0.25, 0.3) is 5.69 Å². The van der Waals surface area contributed by atoms with Crippen LogP contribution < -0.4 is 4.80 Å². The van der Waals surface area contributed by atoms with Crippen LogP contribution in [0.3, 0.4) is 0 Å². The molecule has 0 unspecified atom stereocenters. The van der Waals surface area contributed by atoms with Gasteiger partial charge in [-0.05, 0) is 49.9 Å². The van der Waals surface area contributed by atoms with Gasteiger partial charge >= 0.3 is 0 Å². The molecular formula is C23H22Cl2N4O2S. The van der Waals surface area contributed by atoms with Gasteiger partial charge in [-0.2, -0.15) is 5.10 Å². The minimum Gasteiger partial charge on any atom is -0.258 e. The highest BCUT2D eigenvalue weighted by atomic mass is 35.5. The van der Waals surface area contributed by atoms with E-state index in [1.807, 2.05) is 5.38 Å². The molecule has 0 atom stereocenters. The lowest BCUT2D eigenvalue weighted by Gasteiger charge is -2.12. The Balaban J connectivity index is 1.91. The molecule has 0 N–H and O–H groups in total. The van der Waals surface area contributed by atoms with Crippen LogP contribution in [-0.4, -0.2) is 15.3 Å². The van der Waals surface area contributed by atoms with Gasteiger partial charge in [0.05, 0.1) is 15.6 Å². The smallest absolute Gasteiger partial charge is 0.258 e. The molecule has 0 amide bonds. The summed E-state index contributed by atoms with van der Waals surface area (Å²) in [5, 5.41) is 19.5. The summed E-state index contributed by atoms with van der Waals surface area (Å²) < 4.78 is 1.76. The fraction of sp³-hybridized carbons (Fsp3) is 0.304. The lowest BCUT2D eigenvalue weighted by molar-refractivity contribution is -0.384. The first kappa shape index (κ1) is 22.7. The number of aromatic nitrogens is 1. The van der Waals surface area contributed by atoms with Crippen molar-refractivity contribution >= 4 is 51.6 Å². The Morgan fingerprint density at radius 3 is 2.47 bits per heavy atom. The number of hydrogen-bond acceptors (Lipinski definition) is 5. The number of halogens is 2. The van der Waals surface area contributed by atoms with Gasteiger partial charge in [0.15, 0.2) is 0 Å². The molecule has 1 aliphatic rings. The third-order valence-corrected chi connectivity index (χ3v) is 6.74. The molecule has 32 heavy (non-hydrogen) atoms. The Bertz CT molecular complexity index is 1220. The van der Waals surface area contributed by atoms with E-state index in [-0.39, 0.29) is 11.4 Å². The van der Waals surface area contributed by atoms with E-state index in [0.29, 0.717) is 14.8 Å². The quantitative estimate of drug-likeness (QED) is 0.279. The predicted octanol–water partition coefficient (Wildman–Crippen LogP) is 7.61. The molecule has 1 fully saturated rings. The van der Waals surface area contributed by atoms with Crippen LogP contribution in [0, 0.1) is 10.1 Å². The molecule has 3 aromatic rings. The second-order valence-corrected chi connectivity index (χ2v) is 9.31. The van der Waals surface area contributed by atoms with Gasteiger partial charge in [-0.1, -0.05) is 54.6 Å². The largest absolute Gasteiger partial charge is 0.294 e. The van der Waals surface area contributed by atoms with Gasteiger partial charge in [-0.25, -0.2) is 9.67 Å².